The molecule has 4 N–H and O–H groups in total. The monoisotopic (exact) mass is 294 g/mol. The molecular formula is C14H22N4O3. The summed E-state index contributed by atoms with van der Waals surface area (Å²) in [6, 6.07) is 1.86. The van der Waals surface area contributed by atoms with E-state index in [9.17, 15) is 4.79 Å². The fraction of sp³-hybridized carbons (Fsp3) is 0.571. The zero-order valence-corrected chi connectivity index (χ0v) is 12.2. The third kappa shape index (κ3) is 3.98. The summed E-state index contributed by atoms with van der Waals surface area (Å²) >= 11 is 0. The zero-order valence-electron chi connectivity index (χ0n) is 12.2. The smallest absolute Gasteiger partial charge is 0.255 e. The summed E-state index contributed by atoms with van der Waals surface area (Å²) in [5.74, 6) is 0.857. The van der Waals surface area contributed by atoms with E-state index < -0.39 is 0 Å². The summed E-state index contributed by atoms with van der Waals surface area (Å²) in [7, 11) is 0. The van der Waals surface area contributed by atoms with E-state index in [-0.39, 0.29) is 17.8 Å². The molecule has 0 saturated carbocycles. The second kappa shape index (κ2) is 7.12. The third-order valence-electron chi connectivity index (χ3n) is 3.75. The van der Waals surface area contributed by atoms with Crippen molar-refractivity contribution in [2.75, 3.05) is 19.6 Å². The Hall–Kier alpha value is -2.02. The summed E-state index contributed by atoms with van der Waals surface area (Å²) in [4.78, 5) is 14.3. The number of carbonyl (C=O) groups is 1. The molecule has 1 aliphatic rings. The summed E-state index contributed by atoms with van der Waals surface area (Å²) in [5.41, 5.74) is 6.12. The van der Waals surface area contributed by atoms with Gasteiger partial charge in [-0.05, 0) is 18.9 Å². The summed E-state index contributed by atoms with van der Waals surface area (Å²) < 4.78 is 5.28. The molecule has 1 fully saturated rings. The lowest BCUT2D eigenvalue weighted by Crippen LogP contribution is -2.46. The highest BCUT2D eigenvalue weighted by Crippen LogP contribution is 2.14. The van der Waals surface area contributed by atoms with Crippen molar-refractivity contribution in [3.63, 3.8) is 0 Å². The van der Waals surface area contributed by atoms with Gasteiger partial charge in [-0.3, -0.25) is 9.69 Å². The van der Waals surface area contributed by atoms with Crippen molar-refractivity contribution in [1.29, 1.82) is 0 Å². The van der Waals surface area contributed by atoms with Crippen molar-refractivity contribution >= 4 is 11.7 Å². The van der Waals surface area contributed by atoms with Gasteiger partial charge in [0.25, 0.3) is 5.91 Å². The summed E-state index contributed by atoms with van der Waals surface area (Å²) in [5, 5.41) is 14.6. The first-order valence-corrected chi connectivity index (χ1v) is 7.20. The van der Waals surface area contributed by atoms with Gasteiger partial charge in [0, 0.05) is 25.6 Å². The molecule has 1 aromatic rings. The van der Waals surface area contributed by atoms with Crippen LogP contribution in [0.4, 0.5) is 0 Å². The highest BCUT2D eigenvalue weighted by Gasteiger charge is 2.23. The van der Waals surface area contributed by atoms with E-state index in [2.05, 4.69) is 15.4 Å². The van der Waals surface area contributed by atoms with Crippen LogP contribution < -0.4 is 11.1 Å². The van der Waals surface area contributed by atoms with Crippen LogP contribution in [0.5, 0.6) is 0 Å². The number of amidine groups is 1. The van der Waals surface area contributed by atoms with Crippen LogP contribution in [0.15, 0.2) is 21.9 Å². The molecule has 2 rings (SSSR count). The molecule has 0 aliphatic carbocycles. The molecule has 7 nitrogen and oxygen atoms in total. The lowest BCUT2D eigenvalue weighted by Gasteiger charge is -2.31. The van der Waals surface area contributed by atoms with Crippen LogP contribution in [0.1, 0.15) is 35.9 Å². The van der Waals surface area contributed by atoms with Gasteiger partial charge in [-0.1, -0.05) is 12.1 Å². The Morgan fingerprint density at radius 3 is 2.90 bits per heavy atom. The first kappa shape index (κ1) is 15.4. The maximum atomic E-state index is 12.2. The molecule has 0 unspecified atom stereocenters. The van der Waals surface area contributed by atoms with Crippen molar-refractivity contribution in [1.82, 2.24) is 10.2 Å². The molecule has 1 amide bonds. The standard InChI is InChI=1S/C14H22N4O3/c1-2-12-11(5-8-21-12)14(19)16-10-3-6-18(7-4-10)9-13(15)17-20/h5,8,10,20H,2-4,6-7,9H2,1H3,(H2,15,17)(H,16,19). The quantitative estimate of drug-likeness (QED) is 0.322. The van der Waals surface area contributed by atoms with Gasteiger partial charge in [0.1, 0.15) is 5.76 Å². The van der Waals surface area contributed by atoms with Crippen LogP contribution in [0.25, 0.3) is 0 Å². The number of piperidine rings is 1. The maximum absolute atomic E-state index is 12.2. The molecule has 0 spiro atoms. The Labute approximate surface area is 123 Å². The highest BCUT2D eigenvalue weighted by atomic mass is 16.4. The number of hydrogen-bond acceptors (Lipinski definition) is 5. The van der Waals surface area contributed by atoms with Gasteiger partial charge in [0.15, 0.2) is 5.84 Å². The van der Waals surface area contributed by atoms with Crippen LogP contribution in [0.2, 0.25) is 0 Å². The summed E-state index contributed by atoms with van der Waals surface area (Å²) in [6.45, 7) is 4.04. The number of nitrogens with one attached hydrogen (secondary N) is 1. The first-order valence-electron chi connectivity index (χ1n) is 7.20. The van der Waals surface area contributed by atoms with Crippen LogP contribution in [0, 0.1) is 0 Å². The molecule has 1 aromatic heterocycles. The van der Waals surface area contributed by atoms with Gasteiger partial charge in [0.05, 0.1) is 18.4 Å². The maximum Gasteiger partial charge on any atom is 0.255 e. The predicted molar refractivity (Wildman–Crippen MR) is 78.4 cm³/mol. The number of oxime groups is 1. The van der Waals surface area contributed by atoms with Gasteiger partial charge in [-0.2, -0.15) is 0 Å². The molecule has 0 aromatic carbocycles. The predicted octanol–water partition coefficient (Wildman–Crippen LogP) is 0.783. The zero-order chi connectivity index (χ0) is 15.2. The number of hydrogen-bond donors (Lipinski definition) is 3. The van der Waals surface area contributed by atoms with E-state index in [1.165, 1.54) is 0 Å². The minimum Gasteiger partial charge on any atom is -0.469 e. The molecule has 21 heavy (non-hydrogen) atoms. The van der Waals surface area contributed by atoms with E-state index in [1.54, 1.807) is 12.3 Å². The lowest BCUT2D eigenvalue weighted by molar-refractivity contribution is 0.0912. The van der Waals surface area contributed by atoms with Gasteiger partial charge in [-0.15, -0.1) is 0 Å². The number of nitrogens with zero attached hydrogens (tertiary/aromatic N) is 2. The number of carbonyl (C=O) groups excluding carboxylic acids is 1. The number of rotatable bonds is 5. The largest absolute Gasteiger partial charge is 0.469 e. The number of aryl methyl sites for hydroxylation is 1. The fourth-order valence-corrected chi connectivity index (χ4v) is 2.58. The van der Waals surface area contributed by atoms with Crippen molar-refractivity contribution in [3.05, 3.63) is 23.7 Å². The van der Waals surface area contributed by atoms with Gasteiger partial charge < -0.3 is 20.7 Å². The molecule has 0 atom stereocenters. The Kier molecular flexibility index (Phi) is 5.21. The van der Waals surface area contributed by atoms with Crippen molar-refractivity contribution in [2.24, 2.45) is 10.9 Å². The number of furan rings is 1. The van der Waals surface area contributed by atoms with E-state index >= 15 is 0 Å². The Balaban J connectivity index is 1.82. The molecule has 0 radical (unpaired) electrons. The lowest BCUT2D eigenvalue weighted by atomic mass is 10.0. The number of likely N-dealkylation sites (tertiary alicyclic amines) is 1. The van der Waals surface area contributed by atoms with Gasteiger partial charge >= 0.3 is 0 Å². The SMILES string of the molecule is CCc1occc1C(=O)NC1CCN(C/C(N)=N/O)CC1. The van der Waals surface area contributed by atoms with Gasteiger partial charge in [0.2, 0.25) is 0 Å². The first-order chi connectivity index (χ1) is 10.1. The van der Waals surface area contributed by atoms with Crippen LogP contribution in [-0.4, -0.2) is 47.5 Å². The van der Waals surface area contributed by atoms with Gasteiger partial charge in [-0.25, -0.2) is 0 Å². The molecule has 1 saturated heterocycles. The number of amides is 1. The van der Waals surface area contributed by atoms with Crippen LogP contribution in [-0.2, 0) is 6.42 Å². The third-order valence-corrected chi connectivity index (χ3v) is 3.75. The Bertz CT molecular complexity index is 504. The molecule has 7 heteroatoms. The van der Waals surface area contributed by atoms with E-state index in [0.29, 0.717) is 18.5 Å². The van der Waals surface area contributed by atoms with Crippen molar-refractivity contribution < 1.29 is 14.4 Å². The minimum absolute atomic E-state index is 0.0736. The average molecular weight is 294 g/mol. The molecule has 116 valence electrons. The van der Waals surface area contributed by atoms with E-state index in [1.807, 2.05) is 6.92 Å². The van der Waals surface area contributed by atoms with E-state index in [0.717, 1.165) is 31.7 Å². The second-order valence-corrected chi connectivity index (χ2v) is 5.23. The highest BCUT2D eigenvalue weighted by molar-refractivity contribution is 5.95. The molecular weight excluding hydrogens is 272 g/mol. The normalized spacial score (nSPS) is 17.9. The average Bonchev–Trinajstić information content (AvgIpc) is 2.97. The van der Waals surface area contributed by atoms with Crippen molar-refractivity contribution in [3.8, 4) is 0 Å². The summed E-state index contributed by atoms with van der Waals surface area (Å²) in [6.07, 6.45) is 3.95. The van der Waals surface area contributed by atoms with Crippen molar-refractivity contribution in [2.45, 2.75) is 32.2 Å². The molecule has 2 heterocycles. The Morgan fingerprint density at radius 1 is 1.57 bits per heavy atom. The molecule has 1 aliphatic heterocycles. The topological polar surface area (TPSA) is 104 Å². The minimum atomic E-state index is -0.0736. The number of nitrogens with two attached hydrogens (primary N) is 1. The van der Waals surface area contributed by atoms with Crippen LogP contribution >= 0.6 is 0 Å². The molecule has 0 bridgehead atoms. The van der Waals surface area contributed by atoms with Crippen LogP contribution in [0.3, 0.4) is 0 Å². The van der Waals surface area contributed by atoms with E-state index in [4.69, 9.17) is 15.4 Å². The second-order valence-electron chi connectivity index (χ2n) is 5.23. The fourth-order valence-electron chi connectivity index (χ4n) is 2.58. The Morgan fingerprint density at radius 2 is 2.29 bits per heavy atom.